The first kappa shape index (κ1) is 10.9. The van der Waals surface area contributed by atoms with E-state index in [1.54, 1.807) is 12.3 Å². The molecule has 0 aliphatic heterocycles. The fourth-order valence-electron chi connectivity index (χ4n) is 1.10. The topological polar surface area (TPSA) is 34.1 Å². The molecule has 3 nitrogen and oxygen atoms in total. The molecule has 1 heterocycles. The van der Waals surface area contributed by atoms with E-state index in [2.05, 4.69) is 10.3 Å². The van der Waals surface area contributed by atoms with Gasteiger partial charge in [-0.05, 0) is 26.0 Å². The highest BCUT2D eigenvalue weighted by Crippen LogP contribution is 2.08. The normalized spacial score (nSPS) is 12.5. The standard InChI is InChI=1S/C10H15FN2O/c1-3-14-8(2)7-13-10-9(11)5-4-6-12-10/h4-6,8H,3,7H2,1-2H3,(H,12,13). The van der Waals surface area contributed by atoms with Gasteiger partial charge in [-0.3, -0.25) is 0 Å². The van der Waals surface area contributed by atoms with Gasteiger partial charge < -0.3 is 10.1 Å². The summed E-state index contributed by atoms with van der Waals surface area (Å²) in [4.78, 5) is 3.87. The van der Waals surface area contributed by atoms with Gasteiger partial charge in [0, 0.05) is 19.3 Å². The summed E-state index contributed by atoms with van der Waals surface area (Å²) in [5.41, 5.74) is 0. The minimum absolute atomic E-state index is 0.0569. The van der Waals surface area contributed by atoms with Gasteiger partial charge in [-0.2, -0.15) is 0 Å². The molecule has 14 heavy (non-hydrogen) atoms. The minimum Gasteiger partial charge on any atom is -0.377 e. The van der Waals surface area contributed by atoms with E-state index in [0.29, 0.717) is 13.2 Å². The van der Waals surface area contributed by atoms with Crippen LogP contribution in [0.1, 0.15) is 13.8 Å². The van der Waals surface area contributed by atoms with Crippen molar-refractivity contribution in [3.63, 3.8) is 0 Å². The summed E-state index contributed by atoms with van der Waals surface area (Å²) in [5, 5.41) is 2.89. The van der Waals surface area contributed by atoms with Gasteiger partial charge in [0.15, 0.2) is 11.6 Å². The minimum atomic E-state index is -0.337. The van der Waals surface area contributed by atoms with Crippen LogP contribution in [0.3, 0.4) is 0 Å². The van der Waals surface area contributed by atoms with Crippen LogP contribution >= 0.6 is 0 Å². The van der Waals surface area contributed by atoms with Crippen molar-refractivity contribution in [3.8, 4) is 0 Å². The van der Waals surface area contributed by atoms with Crippen molar-refractivity contribution in [2.45, 2.75) is 20.0 Å². The lowest BCUT2D eigenvalue weighted by Gasteiger charge is -2.12. The predicted octanol–water partition coefficient (Wildman–Crippen LogP) is 2.06. The Hall–Kier alpha value is -1.16. The third-order valence-corrected chi connectivity index (χ3v) is 1.77. The molecule has 0 saturated carbocycles. The summed E-state index contributed by atoms with van der Waals surface area (Å²) in [6, 6.07) is 2.94. The van der Waals surface area contributed by atoms with Gasteiger partial charge in [0.05, 0.1) is 6.10 Å². The molecule has 0 aliphatic rings. The summed E-state index contributed by atoms with van der Waals surface area (Å²) in [5.74, 6) is -0.0600. The second kappa shape index (κ2) is 5.54. The molecule has 1 N–H and O–H groups in total. The van der Waals surface area contributed by atoms with Gasteiger partial charge >= 0.3 is 0 Å². The van der Waals surface area contributed by atoms with Gasteiger partial charge in [0.1, 0.15) is 0 Å². The quantitative estimate of drug-likeness (QED) is 0.786. The van der Waals surface area contributed by atoms with Gasteiger partial charge in [0.2, 0.25) is 0 Å². The van der Waals surface area contributed by atoms with Crippen LogP contribution in [-0.2, 0) is 4.74 Å². The van der Waals surface area contributed by atoms with E-state index < -0.39 is 0 Å². The van der Waals surface area contributed by atoms with Crippen molar-refractivity contribution < 1.29 is 9.13 Å². The maximum atomic E-state index is 13.1. The lowest BCUT2D eigenvalue weighted by Crippen LogP contribution is -2.20. The summed E-state index contributed by atoms with van der Waals surface area (Å²) >= 11 is 0. The number of halogens is 1. The number of hydrogen-bond donors (Lipinski definition) is 1. The maximum absolute atomic E-state index is 13.1. The number of hydrogen-bond acceptors (Lipinski definition) is 3. The number of nitrogens with zero attached hydrogens (tertiary/aromatic N) is 1. The average molecular weight is 198 g/mol. The van der Waals surface area contributed by atoms with Gasteiger partial charge in [-0.15, -0.1) is 0 Å². The Morgan fingerprint density at radius 1 is 1.64 bits per heavy atom. The Morgan fingerprint density at radius 3 is 3.07 bits per heavy atom. The van der Waals surface area contributed by atoms with E-state index in [1.807, 2.05) is 13.8 Å². The highest BCUT2D eigenvalue weighted by atomic mass is 19.1. The number of anilines is 1. The zero-order valence-corrected chi connectivity index (χ0v) is 8.46. The molecule has 0 radical (unpaired) electrons. The van der Waals surface area contributed by atoms with Crippen molar-refractivity contribution >= 4 is 5.82 Å². The highest BCUT2D eigenvalue weighted by molar-refractivity contribution is 5.35. The Kier molecular flexibility index (Phi) is 4.32. The fraction of sp³-hybridized carbons (Fsp3) is 0.500. The Morgan fingerprint density at radius 2 is 2.43 bits per heavy atom. The number of rotatable bonds is 5. The molecule has 1 aromatic heterocycles. The first-order chi connectivity index (χ1) is 6.74. The predicted molar refractivity (Wildman–Crippen MR) is 53.8 cm³/mol. The molecule has 1 rings (SSSR count). The van der Waals surface area contributed by atoms with Gasteiger partial charge in [-0.25, -0.2) is 9.37 Å². The molecule has 1 unspecified atom stereocenters. The maximum Gasteiger partial charge on any atom is 0.165 e. The smallest absolute Gasteiger partial charge is 0.165 e. The second-order valence-corrected chi connectivity index (χ2v) is 2.98. The number of aromatic nitrogens is 1. The van der Waals surface area contributed by atoms with Gasteiger partial charge in [0.25, 0.3) is 0 Å². The molecule has 1 aromatic rings. The molecule has 0 aromatic carbocycles. The first-order valence-electron chi connectivity index (χ1n) is 4.70. The highest BCUT2D eigenvalue weighted by Gasteiger charge is 2.04. The number of pyridine rings is 1. The van der Waals surface area contributed by atoms with Crippen molar-refractivity contribution in [1.82, 2.24) is 4.98 Å². The zero-order chi connectivity index (χ0) is 10.4. The van der Waals surface area contributed by atoms with E-state index in [9.17, 15) is 4.39 Å². The summed E-state index contributed by atoms with van der Waals surface area (Å²) in [7, 11) is 0. The average Bonchev–Trinajstić information content (AvgIpc) is 2.17. The Bertz CT molecular complexity index is 281. The molecule has 0 bridgehead atoms. The van der Waals surface area contributed by atoms with E-state index in [4.69, 9.17) is 4.74 Å². The molecule has 1 atom stereocenters. The van der Waals surface area contributed by atoms with Crippen LogP contribution in [-0.4, -0.2) is 24.2 Å². The Balaban J connectivity index is 2.41. The lowest BCUT2D eigenvalue weighted by molar-refractivity contribution is 0.0854. The van der Waals surface area contributed by atoms with Gasteiger partial charge in [-0.1, -0.05) is 0 Å². The molecule has 0 fully saturated rings. The molecule has 0 amide bonds. The molecular weight excluding hydrogens is 183 g/mol. The Labute approximate surface area is 83.3 Å². The van der Waals surface area contributed by atoms with Crippen LogP contribution in [0, 0.1) is 5.82 Å². The van der Waals surface area contributed by atoms with E-state index in [-0.39, 0.29) is 17.7 Å². The van der Waals surface area contributed by atoms with Crippen LogP contribution in [0.15, 0.2) is 18.3 Å². The molecular formula is C10H15FN2O. The largest absolute Gasteiger partial charge is 0.377 e. The molecule has 0 saturated heterocycles. The van der Waals surface area contributed by atoms with Crippen LogP contribution in [0.2, 0.25) is 0 Å². The summed E-state index contributed by atoms with van der Waals surface area (Å²) < 4.78 is 18.4. The van der Waals surface area contributed by atoms with Crippen LogP contribution < -0.4 is 5.32 Å². The van der Waals surface area contributed by atoms with Crippen LogP contribution in [0.25, 0.3) is 0 Å². The molecule has 4 heteroatoms. The molecule has 78 valence electrons. The number of ether oxygens (including phenoxy) is 1. The van der Waals surface area contributed by atoms with Crippen LogP contribution in [0.4, 0.5) is 10.2 Å². The summed E-state index contributed by atoms with van der Waals surface area (Å²) in [6.07, 6.45) is 1.61. The van der Waals surface area contributed by atoms with E-state index in [1.165, 1.54) is 6.07 Å². The number of nitrogens with one attached hydrogen (secondary N) is 1. The third-order valence-electron chi connectivity index (χ3n) is 1.77. The van der Waals surface area contributed by atoms with E-state index in [0.717, 1.165) is 0 Å². The van der Waals surface area contributed by atoms with E-state index >= 15 is 0 Å². The SMILES string of the molecule is CCOC(C)CNc1ncccc1F. The van der Waals surface area contributed by atoms with Crippen molar-refractivity contribution in [1.29, 1.82) is 0 Å². The van der Waals surface area contributed by atoms with Crippen LogP contribution in [0.5, 0.6) is 0 Å². The third kappa shape index (κ3) is 3.30. The van der Waals surface area contributed by atoms with Crippen molar-refractivity contribution in [2.75, 3.05) is 18.5 Å². The van der Waals surface area contributed by atoms with Crippen molar-refractivity contribution in [3.05, 3.63) is 24.1 Å². The lowest BCUT2D eigenvalue weighted by atomic mass is 10.4. The molecule has 0 aliphatic carbocycles. The first-order valence-corrected chi connectivity index (χ1v) is 4.70. The second-order valence-electron chi connectivity index (χ2n) is 2.98. The molecule has 0 spiro atoms. The fourth-order valence-corrected chi connectivity index (χ4v) is 1.10. The monoisotopic (exact) mass is 198 g/mol. The van der Waals surface area contributed by atoms with Crippen molar-refractivity contribution in [2.24, 2.45) is 0 Å². The zero-order valence-electron chi connectivity index (χ0n) is 8.46. The summed E-state index contributed by atoms with van der Waals surface area (Å²) in [6.45, 7) is 5.07.